The quantitative estimate of drug-likeness (QED) is 0.803. The number of ether oxygens (including phenoxy) is 1. The normalized spacial score (nSPS) is 9.29. The highest BCUT2D eigenvalue weighted by molar-refractivity contribution is 6.34. The zero-order valence-corrected chi connectivity index (χ0v) is 10.4. The van der Waals surface area contributed by atoms with Crippen LogP contribution in [0.3, 0.4) is 0 Å². The van der Waals surface area contributed by atoms with Crippen LogP contribution in [0.5, 0.6) is 5.75 Å². The number of carbonyl (C=O) groups is 1. The van der Waals surface area contributed by atoms with Crippen LogP contribution in [-0.4, -0.2) is 26.6 Å². The molecule has 1 aromatic rings. The summed E-state index contributed by atoms with van der Waals surface area (Å²) in [4.78, 5) is 11.5. The topological polar surface area (TPSA) is 50.4 Å². The number of rotatable bonds is 4. The number of nitrogens with one attached hydrogen (secondary N) is 2. The van der Waals surface area contributed by atoms with Gasteiger partial charge in [0.2, 0.25) is 0 Å². The van der Waals surface area contributed by atoms with Gasteiger partial charge >= 0.3 is 0 Å². The third-order valence-corrected chi connectivity index (χ3v) is 2.43. The first-order valence-corrected chi connectivity index (χ1v) is 5.28. The Balaban J connectivity index is 3.16. The van der Waals surface area contributed by atoms with E-state index >= 15 is 0 Å². The minimum atomic E-state index is -0.228. The van der Waals surface area contributed by atoms with Crippen LogP contribution >= 0.6 is 11.6 Å². The predicted molar refractivity (Wildman–Crippen MR) is 68.7 cm³/mol. The molecule has 1 amide bonds. The van der Waals surface area contributed by atoms with Crippen LogP contribution in [0.2, 0.25) is 5.02 Å². The van der Waals surface area contributed by atoms with Crippen molar-refractivity contribution in [1.82, 2.24) is 5.32 Å². The lowest BCUT2D eigenvalue weighted by Gasteiger charge is -2.13. The van der Waals surface area contributed by atoms with Crippen LogP contribution < -0.4 is 15.4 Å². The van der Waals surface area contributed by atoms with E-state index in [1.165, 1.54) is 7.11 Å². The van der Waals surface area contributed by atoms with Gasteiger partial charge in [-0.05, 0) is 12.1 Å². The molecule has 4 nitrogen and oxygen atoms in total. The minimum Gasteiger partial charge on any atom is -0.495 e. The number of amides is 1. The summed E-state index contributed by atoms with van der Waals surface area (Å²) >= 11 is 6.06. The summed E-state index contributed by atoms with van der Waals surface area (Å²) in [6.07, 6.45) is 5.16. The fraction of sp³-hybridized carbons (Fsp3) is 0.250. The largest absolute Gasteiger partial charge is 0.495 e. The molecule has 1 aromatic carbocycles. The van der Waals surface area contributed by atoms with Gasteiger partial charge in [-0.15, -0.1) is 6.42 Å². The molecule has 0 heterocycles. The predicted octanol–water partition coefficient (Wildman–Crippen LogP) is 1.75. The number of benzene rings is 1. The Hall–Kier alpha value is -1.86. The van der Waals surface area contributed by atoms with Crippen LogP contribution in [0.4, 0.5) is 5.69 Å². The third-order valence-electron chi connectivity index (χ3n) is 2.13. The first-order chi connectivity index (χ1) is 8.13. The van der Waals surface area contributed by atoms with E-state index < -0.39 is 0 Å². The molecule has 0 fully saturated rings. The van der Waals surface area contributed by atoms with Crippen molar-refractivity contribution >= 4 is 23.2 Å². The van der Waals surface area contributed by atoms with Gasteiger partial charge in [0.05, 0.1) is 24.4 Å². The lowest BCUT2D eigenvalue weighted by atomic mass is 10.1. The van der Waals surface area contributed by atoms with E-state index in [0.717, 1.165) is 0 Å². The van der Waals surface area contributed by atoms with E-state index in [-0.39, 0.29) is 5.91 Å². The second-order valence-corrected chi connectivity index (χ2v) is 3.58. The SMILES string of the molecule is C#CCNc1c(Cl)cc(C(=O)NC)cc1OC. The lowest BCUT2D eigenvalue weighted by Crippen LogP contribution is -2.18. The molecule has 90 valence electrons. The van der Waals surface area contributed by atoms with Crippen molar-refractivity contribution in [1.29, 1.82) is 0 Å². The van der Waals surface area contributed by atoms with Gasteiger partial charge in [-0.3, -0.25) is 4.79 Å². The fourth-order valence-electron chi connectivity index (χ4n) is 1.33. The van der Waals surface area contributed by atoms with Crippen LogP contribution in [0.25, 0.3) is 0 Å². The number of hydrogen-bond acceptors (Lipinski definition) is 3. The number of anilines is 1. The summed E-state index contributed by atoms with van der Waals surface area (Å²) in [6.45, 7) is 0.329. The molecular formula is C12H13ClN2O2. The summed E-state index contributed by atoms with van der Waals surface area (Å²) in [5.41, 5.74) is 1.01. The highest BCUT2D eigenvalue weighted by atomic mass is 35.5. The molecule has 0 saturated carbocycles. The molecule has 0 spiro atoms. The number of halogens is 1. The van der Waals surface area contributed by atoms with Gasteiger partial charge in [0, 0.05) is 12.6 Å². The zero-order chi connectivity index (χ0) is 12.8. The van der Waals surface area contributed by atoms with Crippen molar-refractivity contribution < 1.29 is 9.53 Å². The maximum atomic E-state index is 11.5. The van der Waals surface area contributed by atoms with Gasteiger partial charge in [0.25, 0.3) is 5.91 Å². The van der Waals surface area contributed by atoms with Gasteiger partial charge in [-0.1, -0.05) is 17.5 Å². The van der Waals surface area contributed by atoms with Crippen molar-refractivity contribution in [3.8, 4) is 18.1 Å². The smallest absolute Gasteiger partial charge is 0.251 e. The highest BCUT2D eigenvalue weighted by Gasteiger charge is 2.13. The highest BCUT2D eigenvalue weighted by Crippen LogP contribution is 2.33. The Morgan fingerprint density at radius 2 is 2.29 bits per heavy atom. The van der Waals surface area contributed by atoms with Gasteiger partial charge in [-0.25, -0.2) is 0 Å². The van der Waals surface area contributed by atoms with E-state index in [1.54, 1.807) is 19.2 Å². The third kappa shape index (κ3) is 3.05. The van der Waals surface area contributed by atoms with Crippen LogP contribution in [0.15, 0.2) is 12.1 Å². The van der Waals surface area contributed by atoms with Gasteiger partial charge < -0.3 is 15.4 Å². The maximum absolute atomic E-state index is 11.5. The van der Waals surface area contributed by atoms with E-state index in [0.29, 0.717) is 28.6 Å². The molecule has 5 heteroatoms. The van der Waals surface area contributed by atoms with Crippen molar-refractivity contribution in [2.24, 2.45) is 0 Å². The first-order valence-electron chi connectivity index (χ1n) is 4.91. The first kappa shape index (κ1) is 13.2. The molecule has 0 aromatic heterocycles. The molecule has 17 heavy (non-hydrogen) atoms. The van der Waals surface area contributed by atoms with Crippen LogP contribution in [0.1, 0.15) is 10.4 Å². The number of terminal acetylenes is 1. The lowest BCUT2D eigenvalue weighted by molar-refractivity contribution is 0.0963. The summed E-state index contributed by atoms with van der Waals surface area (Å²) in [6, 6.07) is 3.16. The van der Waals surface area contributed by atoms with Crippen molar-refractivity contribution in [3.05, 3.63) is 22.7 Å². The van der Waals surface area contributed by atoms with E-state index in [4.69, 9.17) is 22.8 Å². The molecule has 0 aliphatic carbocycles. The standard InChI is InChI=1S/C12H13ClN2O2/c1-4-5-15-11-9(13)6-8(12(16)14-2)7-10(11)17-3/h1,6-7,15H,5H2,2-3H3,(H,14,16). The summed E-state index contributed by atoms with van der Waals surface area (Å²) < 4.78 is 5.16. The summed E-state index contributed by atoms with van der Waals surface area (Å²) in [7, 11) is 3.05. The van der Waals surface area contributed by atoms with Crippen molar-refractivity contribution in [3.63, 3.8) is 0 Å². The minimum absolute atomic E-state index is 0.228. The van der Waals surface area contributed by atoms with Crippen LogP contribution in [-0.2, 0) is 0 Å². The molecular weight excluding hydrogens is 240 g/mol. The molecule has 2 N–H and O–H groups in total. The molecule has 0 aliphatic rings. The molecule has 0 unspecified atom stereocenters. The second-order valence-electron chi connectivity index (χ2n) is 3.17. The maximum Gasteiger partial charge on any atom is 0.251 e. The Labute approximate surface area is 105 Å². The summed E-state index contributed by atoms with van der Waals surface area (Å²) in [5, 5.41) is 5.85. The molecule has 0 atom stereocenters. The molecule has 0 saturated heterocycles. The number of carbonyl (C=O) groups excluding carboxylic acids is 1. The van der Waals surface area contributed by atoms with E-state index in [2.05, 4.69) is 16.6 Å². The molecule has 0 radical (unpaired) electrons. The molecule has 0 bridgehead atoms. The van der Waals surface area contributed by atoms with Gasteiger partial charge in [-0.2, -0.15) is 0 Å². The summed E-state index contributed by atoms with van der Waals surface area (Å²) in [5.74, 6) is 2.69. The number of hydrogen-bond donors (Lipinski definition) is 2. The van der Waals surface area contributed by atoms with Gasteiger partial charge in [0.1, 0.15) is 5.75 Å². The Morgan fingerprint density at radius 3 is 2.82 bits per heavy atom. The number of methoxy groups -OCH3 is 1. The van der Waals surface area contributed by atoms with Crippen molar-refractivity contribution in [2.75, 3.05) is 26.0 Å². The average molecular weight is 253 g/mol. The second kappa shape index (κ2) is 6.02. The average Bonchev–Trinajstić information content (AvgIpc) is 2.35. The Morgan fingerprint density at radius 1 is 1.59 bits per heavy atom. The zero-order valence-electron chi connectivity index (χ0n) is 9.63. The van der Waals surface area contributed by atoms with Crippen LogP contribution in [0, 0.1) is 12.3 Å². The monoisotopic (exact) mass is 252 g/mol. The Kier molecular flexibility index (Phi) is 4.68. The van der Waals surface area contributed by atoms with E-state index in [1.807, 2.05) is 0 Å². The molecule has 1 rings (SSSR count). The molecule has 0 aliphatic heterocycles. The Bertz CT molecular complexity index is 466. The van der Waals surface area contributed by atoms with Gasteiger partial charge in [0.15, 0.2) is 0 Å². The fourth-order valence-corrected chi connectivity index (χ4v) is 1.61. The van der Waals surface area contributed by atoms with E-state index in [9.17, 15) is 4.79 Å². The van der Waals surface area contributed by atoms with Crippen molar-refractivity contribution in [2.45, 2.75) is 0 Å².